The summed E-state index contributed by atoms with van der Waals surface area (Å²) in [6.45, 7) is 5.18. The number of aromatic nitrogens is 1. The lowest BCUT2D eigenvalue weighted by Crippen LogP contribution is -2.50. The average Bonchev–Trinajstić information content (AvgIpc) is 2.20. The van der Waals surface area contributed by atoms with Gasteiger partial charge in [0, 0.05) is 25.7 Å². The molecule has 1 fully saturated rings. The molecular formula is C11H16FN3. The summed E-state index contributed by atoms with van der Waals surface area (Å²) in [4.78, 5) is 8.63. The molecule has 1 aliphatic rings. The number of nitrogens with zero attached hydrogens (tertiary/aromatic N) is 3. The Bertz CT molecular complexity index is 325. The van der Waals surface area contributed by atoms with Gasteiger partial charge in [-0.15, -0.1) is 0 Å². The van der Waals surface area contributed by atoms with Crippen molar-refractivity contribution in [3.05, 3.63) is 24.1 Å². The van der Waals surface area contributed by atoms with Crippen LogP contribution >= 0.6 is 0 Å². The third-order valence-electron chi connectivity index (χ3n) is 2.84. The van der Waals surface area contributed by atoms with Gasteiger partial charge in [0.1, 0.15) is 11.6 Å². The highest BCUT2D eigenvalue weighted by atomic mass is 19.1. The smallest absolute Gasteiger partial charge is 0.141 e. The topological polar surface area (TPSA) is 19.4 Å². The van der Waals surface area contributed by atoms with Gasteiger partial charge < -0.3 is 9.80 Å². The summed E-state index contributed by atoms with van der Waals surface area (Å²) < 4.78 is 12.7. The maximum Gasteiger partial charge on any atom is 0.141 e. The van der Waals surface area contributed by atoms with Crippen molar-refractivity contribution in [3.63, 3.8) is 0 Å². The van der Waals surface area contributed by atoms with Gasteiger partial charge in [0.05, 0.1) is 6.20 Å². The van der Waals surface area contributed by atoms with E-state index in [9.17, 15) is 4.39 Å². The summed E-state index contributed by atoms with van der Waals surface area (Å²) in [5, 5.41) is 0. The van der Waals surface area contributed by atoms with Gasteiger partial charge in [-0.3, -0.25) is 0 Å². The first kappa shape index (κ1) is 10.4. The molecule has 82 valence electrons. The number of likely N-dealkylation sites (N-methyl/N-ethyl adjacent to an activating group) is 1. The molecule has 2 heterocycles. The first-order valence-corrected chi connectivity index (χ1v) is 5.23. The molecule has 0 spiro atoms. The van der Waals surface area contributed by atoms with Crippen LogP contribution in [0.2, 0.25) is 0 Å². The molecule has 0 saturated carbocycles. The predicted molar refractivity (Wildman–Crippen MR) is 58.5 cm³/mol. The lowest BCUT2D eigenvalue weighted by molar-refractivity contribution is 0.274. The molecule has 1 unspecified atom stereocenters. The van der Waals surface area contributed by atoms with Gasteiger partial charge in [-0.2, -0.15) is 0 Å². The Morgan fingerprint density at radius 2 is 2.20 bits per heavy atom. The summed E-state index contributed by atoms with van der Waals surface area (Å²) in [5.74, 6) is 0.595. The van der Waals surface area contributed by atoms with Crippen molar-refractivity contribution in [2.75, 3.05) is 31.6 Å². The number of rotatable bonds is 1. The van der Waals surface area contributed by atoms with Gasteiger partial charge in [0.2, 0.25) is 0 Å². The molecule has 1 saturated heterocycles. The largest absolute Gasteiger partial charge is 0.351 e. The molecular weight excluding hydrogens is 193 g/mol. The Balaban J connectivity index is 2.13. The maximum absolute atomic E-state index is 12.7. The maximum atomic E-state index is 12.7. The minimum atomic E-state index is -0.277. The lowest BCUT2D eigenvalue weighted by atomic mass is 10.2. The van der Waals surface area contributed by atoms with Gasteiger partial charge >= 0.3 is 0 Å². The molecule has 0 aliphatic carbocycles. The van der Waals surface area contributed by atoms with E-state index >= 15 is 0 Å². The van der Waals surface area contributed by atoms with E-state index in [1.165, 1.54) is 12.3 Å². The Labute approximate surface area is 89.5 Å². The van der Waals surface area contributed by atoms with Gasteiger partial charge in [0.15, 0.2) is 0 Å². The van der Waals surface area contributed by atoms with Crippen LogP contribution in [0.5, 0.6) is 0 Å². The van der Waals surface area contributed by atoms with Crippen LogP contribution < -0.4 is 4.90 Å². The second-order valence-electron chi connectivity index (χ2n) is 4.14. The molecule has 0 amide bonds. The van der Waals surface area contributed by atoms with Crippen LogP contribution in [0.1, 0.15) is 6.92 Å². The minimum absolute atomic E-state index is 0.277. The lowest BCUT2D eigenvalue weighted by Gasteiger charge is -2.38. The fourth-order valence-corrected chi connectivity index (χ4v) is 2.02. The van der Waals surface area contributed by atoms with Crippen LogP contribution in [0.3, 0.4) is 0 Å². The Kier molecular flexibility index (Phi) is 2.86. The molecule has 1 aromatic heterocycles. The van der Waals surface area contributed by atoms with Crippen LogP contribution in [-0.4, -0.2) is 42.6 Å². The summed E-state index contributed by atoms with van der Waals surface area (Å²) >= 11 is 0. The third kappa shape index (κ3) is 2.26. The first-order chi connectivity index (χ1) is 7.16. The summed E-state index contributed by atoms with van der Waals surface area (Å²) in [6, 6.07) is 3.64. The van der Waals surface area contributed by atoms with E-state index in [2.05, 4.69) is 28.8 Å². The van der Waals surface area contributed by atoms with Crippen molar-refractivity contribution in [3.8, 4) is 0 Å². The van der Waals surface area contributed by atoms with Crippen molar-refractivity contribution < 1.29 is 4.39 Å². The van der Waals surface area contributed by atoms with Crippen molar-refractivity contribution in [1.82, 2.24) is 9.88 Å². The van der Waals surface area contributed by atoms with Gasteiger partial charge in [-0.25, -0.2) is 9.37 Å². The Hall–Kier alpha value is -1.16. The van der Waals surface area contributed by atoms with Crippen molar-refractivity contribution in [1.29, 1.82) is 0 Å². The second-order valence-corrected chi connectivity index (χ2v) is 4.14. The van der Waals surface area contributed by atoms with Gasteiger partial charge in [-0.1, -0.05) is 0 Å². The minimum Gasteiger partial charge on any atom is -0.351 e. The van der Waals surface area contributed by atoms with E-state index in [1.54, 1.807) is 6.07 Å². The number of pyridine rings is 1. The summed E-state index contributed by atoms with van der Waals surface area (Å²) in [7, 11) is 2.12. The van der Waals surface area contributed by atoms with Gasteiger partial charge in [-0.05, 0) is 26.1 Å². The van der Waals surface area contributed by atoms with Crippen LogP contribution in [0, 0.1) is 5.82 Å². The van der Waals surface area contributed by atoms with Crippen LogP contribution in [0.4, 0.5) is 10.2 Å². The molecule has 2 rings (SSSR count). The van der Waals surface area contributed by atoms with E-state index in [1.807, 2.05) is 0 Å². The molecule has 0 N–H and O–H groups in total. The standard InChI is InChI=1S/C11H16FN3/c1-9-8-14(2)5-6-15(9)11-4-3-10(12)7-13-11/h3-4,7,9H,5-6,8H2,1-2H3. The molecule has 15 heavy (non-hydrogen) atoms. The molecule has 1 aromatic rings. The molecule has 0 bridgehead atoms. The van der Waals surface area contributed by atoms with E-state index in [0.29, 0.717) is 6.04 Å². The van der Waals surface area contributed by atoms with E-state index in [4.69, 9.17) is 0 Å². The SMILES string of the molecule is CC1CN(C)CCN1c1ccc(F)cn1. The second kappa shape index (κ2) is 4.14. The highest BCUT2D eigenvalue weighted by molar-refractivity contribution is 5.39. The number of hydrogen-bond acceptors (Lipinski definition) is 3. The zero-order valence-electron chi connectivity index (χ0n) is 9.15. The van der Waals surface area contributed by atoms with E-state index < -0.39 is 0 Å². The van der Waals surface area contributed by atoms with E-state index in [-0.39, 0.29) is 5.82 Å². The van der Waals surface area contributed by atoms with Crippen molar-refractivity contribution >= 4 is 5.82 Å². The quantitative estimate of drug-likeness (QED) is 0.696. The molecule has 0 aromatic carbocycles. The number of halogens is 1. The highest BCUT2D eigenvalue weighted by Gasteiger charge is 2.22. The normalized spacial score (nSPS) is 23.1. The highest BCUT2D eigenvalue weighted by Crippen LogP contribution is 2.17. The van der Waals surface area contributed by atoms with Gasteiger partial charge in [0.25, 0.3) is 0 Å². The van der Waals surface area contributed by atoms with Crippen LogP contribution in [-0.2, 0) is 0 Å². The zero-order chi connectivity index (χ0) is 10.8. The Morgan fingerprint density at radius 1 is 1.40 bits per heavy atom. The molecule has 0 radical (unpaired) electrons. The summed E-state index contributed by atoms with van der Waals surface area (Å²) in [5.41, 5.74) is 0. The van der Waals surface area contributed by atoms with Crippen molar-refractivity contribution in [2.45, 2.75) is 13.0 Å². The number of hydrogen-bond donors (Lipinski definition) is 0. The van der Waals surface area contributed by atoms with E-state index in [0.717, 1.165) is 25.5 Å². The van der Waals surface area contributed by atoms with Crippen molar-refractivity contribution in [2.24, 2.45) is 0 Å². The number of anilines is 1. The molecule has 1 atom stereocenters. The zero-order valence-corrected chi connectivity index (χ0v) is 9.15. The number of piperazine rings is 1. The molecule has 1 aliphatic heterocycles. The predicted octanol–water partition coefficient (Wildman–Crippen LogP) is 1.36. The Morgan fingerprint density at radius 3 is 2.80 bits per heavy atom. The molecule has 4 heteroatoms. The monoisotopic (exact) mass is 209 g/mol. The third-order valence-corrected chi connectivity index (χ3v) is 2.84. The molecule has 3 nitrogen and oxygen atoms in total. The first-order valence-electron chi connectivity index (χ1n) is 5.23. The summed E-state index contributed by atoms with van der Waals surface area (Å²) in [6.07, 6.45) is 1.28. The fourth-order valence-electron chi connectivity index (χ4n) is 2.02. The fraction of sp³-hybridized carbons (Fsp3) is 0.545. The van der Waals surface area contributed by atoms with Crippen LogP contribution in [0.15, 0.2) is 18.3 Å². The van der Waals surface area contributed by atoms with Crippen LogP contribution in [0.25, 0.3) is 0 Å². The average molecular weight is 209 g/mol.